The van der Waals surface area contributed by atoms with Crippen LogP contribution >= 0.6 is 0 Å². The molecule has 0 spiro atoms. The van der Waals surface area contributed by atoms with Gasteiger partial charge in [0.1, 0.15) is 11.9 Å². The molecule has 27 heavy (non-hydrogen) atoms. The minimum Gasteiger partial charge on any atom is -0.484 e. The largest absolute Gasteiger partial charge is 0.484 e. The third kappa shape index (κ3) is 5.56. The van der Waals surface area contributed by atoms with Crippen LogP contribution in [0.5, 0.6) is 5.75 Å². The average molecular weight is 368 g/mol. The Labute approximate surface area is 159 Å². The summed E-state index contributed by atoms with van der Waals surface area (Å²) in [4.78, 5) is 26.1. The predicted octanol–water partition coefficient (Wildman–Crippen LogP) is 2.09. The summed E-state index contributed by atoms with van der Waals surface area (Å²) in [5.74, 6) is 0.191. The van der Waals surface area contributed by atoms with E-state index in [-0.39, 0.29) is 31.1 Å². The molecule has 1 atom stereocenters. The van der Waals surface area contributed by atoms with Crippen molar-refractivity contribution in [2.24, 2.45) is 0 Å². The summed E-state index contributed by atoms with van der Waals surface area (Å²) in [6.45, 7) is 3.28. The van der Waals surface area contributed by atoms with Crippen molar-refractivity contribution >= 4 is 11.8 Å². The summed E-state index contributed by atoms with van der Waals surface area (Å²) in [5.41, 5.74) is 2.11. The Kier molecular flexibility index (Phi) is 6.44. The number of amides is 2. The number of nitrogens with zero attached hydrogens (tertiary/aromatic N) is 1. The molecule has 1 unspecified atom stereocenters. The minimum atomic E-state index is -0.322. The van der Waals surface area contributed by atoms with Crippen LogP contribution in [0.25, 0.3) is 0 Å². The van der Waals surface area contributed by atoms with Crippen molar-refractivity contribution in [2.75, 3.05) is 32.8 Å². The Morgan fingerprint density at radius 2 is 2.00 bits per heavy atom. The van der Waals surface area contributed by atoms with Gasteiger partial charge in [0.2, 0.25) is 5.91 Å². The van der Waals surface area contributed by atoms with E-state index in [4.69, 9.17) is 9.47 Å². The highest BCUT2D eigenvalue weighted by Gasteiger charge is 2.25. The summed E-state index contributed by atoms with van der Waals surface area (Å²) >= 11 is 0. The molecule has 1 N–H and O–H groups in total. The van der Waals surface area contributed by atoms with Gasteiger partial charge in [-0.1, -0.05) is 42.5 Å². The maximum atomic E-state index is 12.4. The zero-order chi connectivity index (χ0) is 19.1. The van der Waals surface area contributed by atoms with Crippen LogP contribution in [0.1, 0.15) is 17.2 Å². The second-order valence-electron chi connectivity index (χ2n) is 6.49. The van der Waals surface area contributed by atoms with Crippen molar-refractivity contribution in [3.8, 4) is 5.75 Å². The number of carbonyl (C=O) groups excluding carboxylic acids is 2. The number of carbonyl (C=O) groups is 2. The Bertz CT molecular complexity index is 779. The van der Waals surface area contributed by atoms with E-state index < -0.39 is 0 Å². The maximum absolute atomic E-state index is 12.4. The first kappa shape index (κ1) is 18.9. The van der Waals surface area contributed by atoms with Gasteiger partial charge in [0.05, 0.1) is 19.7 Å². The lowest BCUT2D eigenvalue weighted by Gasteiger charge is -2.33. The third-order valence-electron chi connectivity index (χ3n) is 4.39. The van der Waals surface area contributed by atoms with Crippen LogP contribution in [0.15, 0.2) is 54.6 Å². The summed E-state index contributed by atoms with van der Waals surface area (Å²) in [7, 11) is 0. The van der Waals surface area contributed by atoms with Gasteiger partial charge in [0.15, 0.2) is 6.61 Å². The molecule has 2 aromatic carbocycles. The van der Waals surface area contributed by atoms with Crippen LogP contribution in [0.4, 0.5) is 0 Å². The lowest BCUT2D eigenvalue weighted by atomic mass is 10.1. The number of aryl methyl sites for hydroxylation is 1. The first-order chi connectivity index (χ1) is 13.1. The molecule has 1 aliphatic rings. The maximum Gasteiger partial charge on any atom is 0.258 e. The summed E-state index contributed by atoms with van der Waals surface area (Å²) in [6, 6.07) is 17.3. The highest BCUT2D eigenvalue weighted by molar-refractivity contribution is 5.85. The standard InChI is InChI=1S/C21H24N2O4/c1-16-6-5-9-18(12-16)27-15-20(24)22-13-21(25)23-10-11-26-19(14-23)17-7-3-2-4-8-17/h2-9,12,19H,10-11,13-15H2,1H3,(H,22,24). The highest BCUT2D eigenvalue weighted by Crippen LogP contribution is 2.21. The van der Waals surface area contributed by atoms with Gasteiger partial charge in [0, 0.05) is 6.54 Å². The third-order valence-corrected chi connectivity index (χ3v) is 4.39. The van der Waals surface area contributed by atoms with Gasteiger partial charge in [-0.05, 0) is 30.2 Å². The zero-order valence-corrected chi connectivity index (χ0v) is 15.4. The van der Waals surface area contributed by atoms with Gasteiger partial charge in [0.25, 0.3) is 5.91 Å². The van der Waals surface area contributed by atoms with E-state index in [1.165, 1.54) is 0 Å². The predicted molar refractivity (Wildman–Crippen MR) is 101 cm³/mol. The molecule has 0 bridgehead atoms. The number of hydrogen-bond donors (Lipinski definition) is 1. The smallest absolute Gasteiger partial charge is 0.258 e. The van der Waals surface area contributed by atoms with E-state index in [0.717, 1.165) is 11.1 Å². The zero-order valence-electron chi connectivity index (χ0n) is 15.4. The molecule has 1 fully saturated rings. The number of rotatable bonds is 6. The van der Waals surface area contributed by atoms with E-state index in [1.807, 2.05) is 55.5 Å². The van der Waals surface area contributed by atoms with Gasteiger partial charge in [-0.2, -0.15) is 0 Å². The molecular formula is C21H24N2O4. The van der Waals surface area contributed by atoms with Gasteiger partial charge in [-0.3, -0.25) is 9.59 Å². The molecular weight excluding hydrogens is 344 g/mol. The molecule has 2 aromatic rings. The second-order valence-corrected chi connectivity index (χ2v) is 6.49. The van der Waals surface area contributed by atoms with E-state index >= 15 is 0 Å². The first-order valence-corrected chi connectivity index (χ1v) is 9.02. The van der Waals surface area contributed by atoms with Gasteiger partial charge >= 0.3 is 0 Å². The number of hydrogen-bond acceptors (Lipinski definition) is 4. The molecule has 0 radical (unpaired) electrons. The van der Waals surface area contributed by atoms with Gasteiger partial charge < -0.3 is 19.7 Å². The minimum absolute atomic E-state index is 0.0441. The summed E-state index contributed by atoms with van der Waals surface area (Å²) < 4.78 is 11.2. The fraction of sp³-hybridized carbons (Fsp3) is 0.333. The van der Waals surface area contributed by atoms with Crippen molar-refractivity contribution in [1.82, 2.24) is 10.2 Å². The Morgan fingerprint density at radius 3 is 2.78 bits per heavy atom. The SMILES string of the molecule is Cc1cccc(OCC(=O)NCC(=O)N2CCOC(c3ccccc3)C2)c1. The molecule has 1 saturated heterocycles. The van der Waals surface area contributed by atoms with E-state index in [1.54, 1.807) is 11.0 Å². The van der Waals surface area contributed by atoms with E-state index in [2.05, 4.69) is 5.32 Å². The lowest BCUT2D eigenvalue weighted by Crippen LogP contribution is -2.47. The first-order valence-electron chi connectivity index (χ1n) is 9.02. The van der Waals surface area contributed by atoms with Crippen molar-refractivity contribution in [1.29, 1.82) is 0 Å². The Morgan fingerprint density at radius 1 is 1.19 bits per heavy atom. The number of ether oxygens (including phenoxy) is 2. The molecule has 2 amide bonds. The fourth-order valence-electron chi connectivity index (χ4n) is 2.94. The van der Waals surface area contributed by atoms with Crippen molar-refractivity contribution in [3.05, 3.63) is 65.7 Å². The molecule has 6 nitrogen and oxygen atoms in total. The van der Waals surface area contributed by atoms with Crippen LogP contribution in [-0.4, -0.2) is 49.6 Å². The van der Waals surface area contributed by atoms with Crippen LogP contribution in [0, 0.1) is 6.92 Å². The summed E-state index contributed by atoms with van der Waals surface area (Å²) in [6.07, 6.45) is -0.135. The lowest BCUT2D eigenvalue weighted by molar-refractivity contribution is -0.139. The van der Waals surface area contributed by atoms with Gasteiger partial charge in [-0.15, -0.1) is 0 Å². The fourth-order valence-corrected chi connectivity index (χ4v) is 2.94. The topological polar surface area (TPSA) is 67.9 Å². The molecule has 142 valence electrons. The highest BCUT2D eigenvalue weighted by atomic mass is 16.5. The van der Waals surface area contributed by atoms with Crippen molar-refractivity contribution in [2.45, 2.75) is 13.0 Å². The average Bonchev–Trinajstić information content (AvgIpc) is 2.71. The number of benzene rings is 2. The van der Waals surface area contributed by atoms with E-state index in [9.17, 15) is 9.59 Å². The summed E-state index contributed by atoms with van der Waals surface area (Å²) in [5, 5.41) is 2.62. The monoisotopic (exact) mass is 368 g/mol. The molecule has 1 heterocycles. The number of morpholine rings is 1. The van der Waals surface area contributed by atoms with Crippen molar-refractivity contribution < 1.29 is 19.1 Å². The molecule has 0 aromatic heterocycles. The quantitative estimate of drug-likeness (QED) is 0.848. The van der Waals surface area contributed by atoms with Crippen molar-refractivity contribution in [3.63, 3.8) is 0 Å². The van der Waals surface area contributed by atoms with E-state index in [0.29, 0.717) is 25.4 Å². The Balaban J connectivity index is 1.43. The molecule has 1 aliphatic heterocycles. The molecule has 0 aliphatic carbocycles. The number of nitrogens with one attached hydrogen (secondary N) is 1. The van der Waals surface area contributed by atoms with Crippen LogP contribution in [0.2, 0.25) is 0 Å². The normalized spacial score (nSPS) is 16.6. The Hall–Kier alpha value is -2.86. The second kappa shape index (κ2) is 9.19. The van der Waals surface area contributed by atoms with Crippen LogP contribution in [-0.2, 0) is 14.3 Å². The van der Waals surface area contributed by atoms with Gasteiger partial charge in [-0.25, -0.2) is 0 Å². The van der Waals surface area contributed by atoms with Crippen LogP contribution < -0.4 is 10.1 Å². The molecule has 3 rings (SSSR count). The molecule has 0 saturated carbocycles. The van der Waals surface area contributed by atoms with Crippen LogP contribution in [0.3, 0.4) is 0 Å². The molecule has 6 heteroatoms.